The Hall–Kier alpha value is -0.814. The number of benzene rings is 1. The summed E-state index contributed by atoms with van der Waals surface area (Å²) in [6.45, 7) is 4.69. The van der Waals surface area contributed by atoms with E-state index in [9.17, 15) is 22.6 Å². The zero-order chi connectivity index (χ0) is 39.4. The van der Waals surface area contributed by atoms with Crippen LogP contribution in [0.2, 0.25) is 0 Å². The van der Waals surface area contributed by atoms with Gasteiger partial charge in [-0.1, -0.05) is 173 Å². The first kappa shape index (κ1) is 54.2. The second-order valence-electron chi connectivity index (χ2n) is 15.0. The molecule has 0 N–H and O–H groups in total. The third-order valence-electron chi connectivity index (χ3n) is 10.00. The second kappa shape index (κ2) is 38.7. The largest absolute Gasteiger partial charge is 1.00 e. The van der Waals surface area contributed by atoms with Crippen molar-refractivity contribution in [2.45, 2.75) is 211 Å². The minimum absolute atomic E-state index is 0. The molecule has 0 atom stereocenters. The van der Waals surface area contributed by atoms with Gasteiger partial charge in [-0.25, -0.2) is 18.0 Å². The molecule has 7 nitrogen and oxygen atoms in total. The summed E-state index contributed by atoms with van der Waals surface area (Å²) in [7, 11) is -5.03. The fraction of sp³-hybridized carbons (Fsp3) is 0.739. The molecule has 0 spiro atoms. The van der Waals surface area contributed by atoms with Gasteiger partial charge in [0.05, 0.1) is 29.2 Å². The van der Waals surface area contributed by atoms with Crippen LogP contribution in [-0.2, 0) is 19.6 Å². The van der Waals surface area contributed by atoms with Gasteiger partial charge in [-0.3, -0.25) is 0 Å². The summed E-state index contributed by atoms with van der Waals surface area (Å²) in [6.07, 6.45) is 44.9. The molecule has 55 heavy (non-hydrogen) atoms. The molecule has 0 amide bonds. The molecule has 0 saturated carbocycles. The Balaban J connectivity index is 0.0000292. The summed E-state index contributed by atoms with van der Waals surface area (Å²) in [6, 6.07) is 3.59. The smallest absolute Gasteiger partial charge is 0.744 e. The number of allylic oxidation sites excluding steroid dienone is 4. The fourth-order valence-electron chi connectivity index (χ4n) is 6.65. The van der Waals surface area contributed by atoms with Gasteiger partial charge in [0.25, 0.3) is 0 Å². The molecule has 0 aliphatic rings. The average molecular weight is 813 g/mol. The van der Waals surface area contributed by atoms with Gasteiger partial charge in [0.2, 0.25) is 0 Å². The first-order valence-electron chi connectivity index (χ1n) is 22.1. The van der Waals surface area contributed by atoms with E-state index < -0.39 is 32.5 Å². The number of unbranched alkanes of at least 4 members (excludes halogenated alkanes) is 26. The second-order valence-corrected chi connectivity index (χ2v) is 16.3. The maximum absolute atomic E-state index is 13.0. The molecule has 0 heterocycles. The Labute approximate surface area is 380 Å². The molecule has 1 rings (SSSR count). The van der Waals surface area contributed by atoms with Crippen molar-refractivity contribution in [2.75, 3.05) is 13.2 Å². The van der Waals surface area contributed by atoms with Crippen LogP contribution in [0.15, 0.2) is 47.4 Å². The molecule has 0 saturated heterocycles. The van der Waals surface area contributed by atoms with Crippen LogP contribution in [0.4, 0.5) is 0 Å². The normalized spacial score (nSPS) is 11.7. The van der Waals surface area contributed by atoms with Crippen LogP contribution in [0.5, 0.6) is 0 Å². The Bertz CT molecular complexity index is 1240. The molecule has 0 aliphatic heterocycles. The van der Waals surface area contributed by atoms with Crippen LogP contribution < -0.4 is 51.4 Å². The number of ether oxygens (including phenoxy) is 2. The predicted octanol–water partition coefficient (Wildman–Crippen LogP) is 10.8. The fourth-order valence-corrected chi connectivity index (χ4v) is 7.34. The van der Waals surface area contributed by atoms with Crippen molar-refractivity contribution in [3.63, 3.8) is 0 Å². The van der Waals surface area contributed by atoms with E-state index in [2.05, 4.69) is 38.2 Å². The zero-order valence-corrected chi connectivity index (χ0v) is 39.4. The summed E-state index contributed by atoms with van der Waals surface area (Å²) in [5.74, 6) is -1.85. The Morgan fingerprint density at radius 2 is 0.836 bits per heavy atom. The molecular formula is C46H77KO7S. The first-order chi connectivity index (χ1) is 26.3. The topological polar surface area (TPSA) is 110 Å². The monoisotopic (exact) mass is 813 g/mol. The number of hydrogen-bond donors (Lipinski definition) is 0. The molecule has 1 aromatic rings. The summed E-state index contributed by atoms with van der Waals surface area (Å²) < 4.78 is 46.7. The van der Waals surface area contributed by atoms with Crippen LogP contribution in [0.25, 0.3) is 0 Å². The number of rotatable bonds is 37. The first-order valence-corrected chi connectivity index (χ1v) is 23.5. The van der Waals surface area contributed by atoms with Crippen molar-refractivity contribution < 1.29 is 83.4 Å². The third-order valence-corrected chi connectivity index (χ3v) is 10.9. The van der Waals surface area contributed by atoms with Crippen molar-refractivity contribution in [3.8, 4) is 0 Å². The van der Waals surface area contributed by atoms with E-state index in [1.54, 1.807) is 0 Å². The quantitative estimate of drug-likeness (QED) is 0.0216. The van der Waals surface area contributed by atoms with E-state index in [0.29, 0.717) is 12.8 Å². The van der Waals surface area contributed by atoms with E-state index in [0.717, 1.165) is 44.6 Å². The van der Waals surface area contributed by atoms with Crippen LogP contribution in [0.1, 0.15) is 227 Å². The molecule has 0 aliphatic carbocycles. The van der Waals surface area contributed by atoms with E-state index in [4.69, 9.17) is 9.47 Å². The molecule has 9 heteroatoms. The Morgan fingerprint density at radius 3 is 1.20 bits per heavy atom. The summed E-state index contributed by atoms with van der Waals surface area (Å²) in [5.41, 5.74) is -0.816. The summed E-state index contributed by atoms with van der Waals surface area (Å²) >= 11 is 0. The molecule has 0 unspecified atom stereocenters. The molecule has 1 aromatic carbocycles. The van der Waals surface area contributed by atoms with Crippen LogP contribution >= 0.6 is 0 Å². The maximum atomic E-state index is 13.0. The number of carbonyl (C=O) groups excluding carboxylic acids is 2. The third kappa shape index (κ3) is 30.9. The standard InChI is InChI=1S/C46H78O7S.K/c1-3-5-7-9-11-13-15-17-19-21-23-25-27-29-31-33-35-40-52-45(47)42-38-37-39-43(54(49,50)51)44(42)46(48)53-41-36-34-32-30-28-26-24-22-20-18-16-14-12-10-8-6-4-2;/h27-30,37-39H,3-26,31-36,40-41H2,1-2H3,(H,49,50,51);/q;+1/p-1/b29-27+,30-28+;. The predicted molar refractivity (Wildman–Crippen MR) is 223 cm³/mol. The van der Waals surface area contributed by atoms with Crippen LogP contribution in [0.3, 0.4) is 0 Å². The summed E-state index contributed by atoms with van der Waals surface area (Å²) in [5, 5.41) is 0. The average Bonchev–Trinajstić information content (AvgIpc) is 3.16. The maximum Gasteiger partial charge on any atom is 1.00 e. The number of hydrogen-bond acceptors (Lipinski definition) is 7. The van der Waals surface area contributed by atoms with E-state index >= 15 is 0 Å². The Morgan fingerprint density at radius 1 is 0.509 bits per heavy atom. The molecule has 0 fully saturated rings. The van der Waals surface area contributed by atoms with Crippen molar-refractivity contribution in [3.05, 3.63) is 53.6 Å². The minimum atomic E-state index is -5.03. The summed E-state index contributed by atoms with van der Waals surface area (Å²) in [4.78, 5) is 25.1. The van der Waals surface area contributed by atoms with Gasteiger partial charge < -0.3 is 14.0 Å². The van der Waals surface area contributed by atoms with Crippen molar-refractivity contribution >= 4 is 22.1 Å². The van der Waals surface area contributed by atoms with Gasteiger partial charge in [-0.2, -0.15) is 0 Å². The van der Waals surface area contributed by atoms with Gasteiger partial charge in [-0.05, 0) is 76.3 Å². The van der Waals surface area contributed by atoms with Gasteiger partial charge in [0.1, 0.15) is 10.1 Å². The van der Waals surface area contributed by atoms with Gasteiger partial charge in [0, 0.05) is 0 Å². The Kier molecular flexibility index (Phi) is 38.1. The van der Waals surface area contributed by atoms with Crippen molar-refractivity contribution in [2.24, 2.45) is 0 Å². The molecule has 310 valence electrons. The SMILES string of the molecule is CCCCCCCCCCCCC/C=C/CCCCOC(=O)c1cccc(S(=O)(=O)[O-])c1C(=O)OCCCC/C=C/CCCCCCCCCCCCC.[K+]. The van der Waals surface area contributed by atoms with E-state index in [-0.39, 0.29) is 70.2 Å². The molecule has 0 bridgehead atoms. The number of esters is 2. The van der Waals surface area contributed by atoms with Gasteiger partial charge in [-0.15, -0.1) is 0 Å². The van der Waals surface area contributed by atoms with Crippen LogP contribution in [-0.4, -0.2) is 38.1 Å². The minimum Gasteiger partial charge on any atom is -0.744 e. The number of carbonyl (C=O) groups is 2. The van der Waals surface area contributed by atoms with Gasteiger partial charge >= 0.3 is 63.3 Å². The van der Waals surface area contributed by atoms with E-state index in [1.807, 2.05) is 0 Å². The van der Waals surface area contributed by atoms with E-state index in [1.165, 1.54) is 153 Å². The zero-order valence-electron chi connectivity index (χ0n) is 35.4. The molecular weight excluding hydrogens is 736 g/mol. The van der Waals surface area contributed by atoms with Gasteiger partial charge in [0.15, 0.2) is 0 Å². The molecule has 0 aromatic heterocycles. The van der Waals surface area contributed by atoms with Crippen molar-refractivity contribution in [1.29, 1.82) is 0 Å². The molecule has 0 radical (unpaired) electrons. The van der Waals surface area contributed by atoms with Crippen molar-refractivity contribution in [1.82, 2.24) is 0 Å². The van der Waals surface area contributed by atoms with Crippen LogP contribution in [0, 0.1) is 0 Å².